The molecular formula is C11H10O3S. The van der Waals surface area contributed by atoms with Crippen molar-refractivity contribution in [2.45, 2.75) is 20.1 Å². The van der Waals surface area contributed by atoms with Gasteiger partial charge in [-0.1, -0.05) is 0 Å². The van der Waals surface area contributed by atoms with Crippen molar-refractivity contribution in [1.29, 1.82) is 0 Å². The summed E-state index contributed by atoms with van der Waals surface area (Å²) in [6, 6.07) is 3.74. The van der Waals surface area contributed by atoms with E-state index >= 15 is 0 Å². The normalized spacial score (nSPS) is 18.2. The maximum absolute atomic E-state index is 9.75. The van der Waals surface area contributed by atoms with Crippen LogP contribution < -0.4 is 4.74 Å². The Morgan fingerprint density at radius 3 is 2.93 bits per heavy atom. The minimum absolute atomic E-state index is 0.715. The third kappa shape index (κ3) is 1.22. The summed E-state index contributed by atoms with van der Waals surface area (Å²) in [5, 5.41) is 9.75. The van der Waals surface area contributed by atoms with Crippen LogP contribution in [0, 0.1) is 13.8 Å². The Bertz CT molecular complexity index is 524. The average molecular weight is 222 g/mol. The minimum atomic E-state index is -0.904. The fourth-order valence-corrected chi connectivity index (χ4v) is 2.76. The standard InChI is InChI=1S/C11H10O3S/c1-5-3-7-9(13-5)10-8(14-11(7)12)4-6(2)15-10/h3-4,11-12H,1-2H3. The first-order valence-corrected chi connectivity index (χ1v) is 5.52. The predicted octanol–water partition coefficient (Wildman–Crippen LogP) is 3.01. The van der Waals surface area contributed by atoms with Gasteiger partial charge in [0.1, 0.15) is 16.4 Å². The zero-order valence-corrected chi connectivity index (χ0v) is 9.22. The molecule has 4 heteroatoms. The van der Waals surface area contributed by atoms with E-state index in [0.29, 0.717) is 5.75 Å². The number of rotatable bonds is 0. The van der Waals surface area contributed by atoms with Crippen LogP contribution in [-0.4, -0.2) is 5.11 Å². The quantitative estimate of drug-likeness (QED) is 0.745. The molecule has 78 valence electrons. The van der Waals surface area contributed by atoms with Crippen LogP contribution in [0.4, 0.5) is 0 Å². The first kappa shape index (κ1) is 9.00. The molecule has 1 atom stereocenters. The van der Waals surface area contributed by atoms with Gasteiger partial charge in [-0.2, -0.15) is 0 Å². The van der Waals surface area contributed by atoms with Crippen LogP contribution in [0.15, 0.2) is 16.5 Å². The Morgan fingerprint density at radius 1 is 1.33 bits per heavy atom. The number of thiophene rings is 1. The molecule has 0 radical (unpaired) electrons. The van der Waals surface area contributed by atoms with Crippen molar-refractivity contribution in [1.82, 2.24) is 0 Å². The lowest BCUT2D eigenvalue weighted by molar-refractivity contribution is -0.0215. The van der Waals surface area contributed by atoms with Crippen LogP contribution in [0.3, 0.4) is 0 Å². The second-order valence-electron chi connectivity index (χ2n) is 3.66. The fourth-order valence-electron chi connectivity index (χ4n) is 1.82. The average Bonchev–Trinajstić information content (AvgIpc) is 2.68. The van der Waals surface area contributed by atoms with Gasteiger partial charge in [0.25, 0.3) is 0 Å². The Kier molecular flexibility index (Phi) is 1.72. The highest BCUT2D eigenvalue weighted by atomic mass is 32.1. The zero-order chi connectivity index (χ0) is 10.6. The number of aryl methyl sites for hydroxylation is 2. The van der Waals surface area contributed by atoms with Crippen LogP contribution in [0.2, 0.25) is 0 Å². The fraction of sp³-hybridized carbons (Fsp3) is 0.273. The molecule has 0 aromatic carbocycles. The SMILES string of the molecule is Cc1cc2c(o1)-c1sc(C)cc1OC2O. The lowest BCUT2D eigenvalue weighted by Gasteiger charge is -2.17. The molecule has 3 rings (SSSR count). The van der Waals surface area contributed by atoms with Crippen LogP contribution in [0.1, 0.15) is 22.5 Å². The monoisotopic (exact) mass is 222 g/mol. The highest BCUT2D eigenvalue weighted by Crippen LogP contribution is 2.47. The van der Waals surface area contributed by atoms with Crippen molar-refractivity contribution in [3.05, 3.63) is 28.3 Å². The number of hydrogen-bond donors (Lipinski definition) is 1. The minimum Gasteiger partial charge on any atom is -0.460 e. The number of furan rings is 1. The van der Waals surface area contributed by atoms with Crippen LogP contribution >= 0.6 is 11.3 Å². The summed E-state index contributed by atoms with van der Waals surface area (Å²) in [7, 11) is 0. The third-order valence-corrected chi connectivity index (χ3v) is 3.45. The predicted molar refractivity (Wildman–Crippen MR) is 57.1 cm³/mol. The molecule has 0 bridgehead atoms. The van der Waals surface area contributed by atoms with E-state index in [1.54, 1.807) is 11.3 Å². The van der Waals surface area contributed by atoms with Crippen molar-refractivity contribution >= 4 is 11.3 Å². The molecule has 2 aromatic heterocycles. The Hall–Kier alpha value is -1.26. The van der Waals surface area contributed by atoms with E-state index in [9.17, 15) is 5.11 Å². The molecule has 15 heavy (non-hydrogen) atoms. The van der Waals surface area contributed by atoms with Gasteiger partial charge in [-0.05, 0) is 26.0 Å². The molecule has 0 fully saturated rings. The maximum Gasteiger partial charge on any atom is 0.228 e. The first-order chi connectivity index (χ1) is 7.15. The molecule has 0 aliphatic carbocycles. The number of ether oxygens (including phenoxy) is 1. The molecule has 1 aliphatic rings. The van der Waals surface area contributed by atoms with E-state index in [-0.39, 0.29) is 0 Å². The summed E-state index contributed by atoms with van der Waals surface area (Å²) in [5.41, 5.74) is 0.724. The van der Waals surface area contributed by atoms with Gasteiger partial charge in [-0.15, -0.1) is 11.3 Å². The number of aliphatic hydroxyl groups excluding tert-OH is 1. The van der Waals surface area contributed by atoms with Gasteiger partial charge in [0.2, 0.25) is 6.29 Å². The molecule has 3 nitrogen and oxygen atoms in total. The highest BCUT2D eigenvalue weighted by molar-refractivity contribution is 7.15. The Balaban J connectivity index is 2.28. The van der Waals surface area contributed by atoms with Crippen molar-refractivity contribution in [2.24, 2.45) is 0 Å². The molecule has 1 N–H and O–H groups in total. The van der Waals surface area contributed by atoms with Crippen molar-refractivity contribution in [2.75, 3.05) is 0 Å². The van der Waals surface area contributed by atoms with Crippen molar-refractivity contribution < 1.29 is 14.3 Å². The van der Waals surface area contributed by atoms with E-state index in [1.165, 1.54) is 0 Å². The highest BCUT2D eigenvalue weighted by Gasteiger charge is 2.29. The summed E-state index contributed by atoms with van der Waals surface area (Å²) in [4.78, 5) is 2.12. The lowest BCUT2D eigenvalue weighted by Crippen LogP contribution is -2.09. The van der Waals surface area contributed by atoms with Crippen LogP contribution in [0.5, 0.6) is 5.75 Å². The second-order valence-corrected chi connectivity index (χ2v) is 4.92. The molecule has 2 aromatic rings. The molecular weight excluding hydrogens is 212 g/mol. The van der Waals surface area contributed by atoms with Gasteiger partial charge in [-0.3, -0.25) is 0 Å². The molecule has 0 spiro atoms. The van der Waals surface area contributed by atoms with Gasteiger partial charge < -0.3 is 14.3 Å². The topological polar surface area (TPSA) is 42.6 Å². The van der Waals surface area contributed by atoms with E-state index in [2.05, 4.69) is 0 Å². The Morgan fingerprint density at radius 2 is 2.13 bits per heavy atom. The summed E-state index contributed by atoms with van der Waals surface area (Å²) in [5.74, 6) is 2.26. The van der Waals surface area contributed by atoms with Crippen molar-refractivity contribution in [3.8, 4) is 16.4 Å². The van der Waals surface area contributed by atoms with Gasteiger partial charge in [0.05, 0.1) is 5.56 Å². The molecule has 1 aliphatic heterocycles. The van der Waals surface area contributed by atoms with Crippen LogP contribution in [0.25, 0.3) is 10.6 Å². The second kappa shape index (κ2) is 2.87. The maximum atomic E-state index is 9.75. The molecule has 0 amide bonds. The van der Waals surface area contributed by atoms with E-state index < -0.39 is 6.29 Å². The third-order valence-electron chi connectivity index (χ3n) is 2.42. The summed E-state index contributed by atoms with van der Waals surface area (Å²) in [6.07, 6.45) is -0.904. The van der Waals surface area contributed by atoms with E-state index in [1.807, 2.05) is 26.0 Å². The first-order valence-electron chi connectivity index (χ1n) is 4.71. The number of fused-ring (bicyclic) bond motifs is 3. The van der Waals surface area contributed by atoms with Gasteiger partial charge >= 0.3 is 0 Å². The zero-order valence-electron chi connectivity index (χ0n) is 8.40. The van der Waals surface area contributed by atoms with Crippen molar-refractivity contribution in [3.63, 3.8) is 0 Å². The van der Waals surface area contributed by atoms with Gasteiger partial charge in [-0.25, -0.2) is 0 Å². The summed E-state index contributed by atoms with van der Waals surface area (Å²) < 4.78 is 11.0. The molecule has 0 saturated carbocycles. The smallest absolute Gasteiger partial charge is 0.228 e. The van der Waals surface area contributed by atoms with E-state index in [0.717, 1.165) is 26.8 Å². The Labute approximate surface area is 90.9 Å². The van der Waals surface area contributed by atoms with Gasteiger partial charge in [0, 0.05) is 4.88 Å². The summed E-state index contributed by atoms with van der Waals surface area (Å²) >= 11 is 1.62. The summed E-state index contributed by atoms with van der Waals surface area (Å²) in [6.45, 7) is 3.87. The number of hydrogen-bond acceptors (Lipinski definition) is 4. The lowest BCUT2D eigenvalue weighted by atomic mass is 10.1. The van der Waals surface area contributed by atoms with Crippen LogP contribution in [-0.2, 0) is 0 Å². The van der Waals surface area contributed by atoms with E-state index in [4.69, 9.17) is 9.15 Å². The molecule has 3 heterocycles. The van der Waals surface area contributed by atoms with Gasteiger partial charge in [0.15, 0.2) is 5.76 Å². The number of aliphatic hydroxyl groups is 1. The molecule has 0 saturated heterocycles. The molecule has 1 unspecified atom stereocenters. The largest absolute Gasteiger partial charge is 0.460 e.